The predicted octanol–water partition coefficient (Wildman–Crippen LogP) is 5.69. The minimum atomic E-state index is -1.22. The molecule has 18 heavy (non-hydrogen) atoms. The van der Waals surface area contributed by atoms with Crippen LogP contribution in [-0.4, -0.2) is 8.07 Å². The van der Waals surface area contributed by atoms with Crippen LogP contribution < -0.4 is 0 Å². The minimum absolute atomic E-state index is 1.22. The largest absolute Gasteiger partial charge is 0.0853 e. The Morgan fingerprint density at radius 3 is 2.33 bits per heavy atom. The van der Waals surface area contributed by atoms with Crippen molar-refractivity contribution in [3.8, 4) is 0 Å². The molecule has 0 aliphatic heterocycles. The summed E-state index contributed by atoms with van der Waals surface area (Å²) in [5.74, 6) is 0. The van der Waals surface area contributed by atoms with Gasteiger partial charge in [-0.25, -0.2) is 0 Å². The molecule has 0 spiro atoms. The summed E-state index contributed by atoms with van der Waals surface area (Å²) in [5.41, 5.74) is 1.29. The van der Waals surface area contributed by atoms with Gasteiger partial charge in [-0.3, -0.25) is 0 Å². The highest BCUT2D eigenvalue weighted by molar-refractivity contribution is 6.83. The zero-order chi connectivity index (χ0) is 13.4. The molecule has 0 unspecified atom stereocenters. The molecule has 1 rings (SSSR count). The third-order valence-corrected chi connectivity index (χ3v) is 5.15. The molecule has 1 aromatic rings. The molecule has 98 valence electrons. The van der Waals surface area contributed by atoms with E-state index in [1.54, 1.807) is 5.20 Å². The smallest absolute Gasteiger partial charge is 0.0771 e. The van der Waals surface area contributed by atoms with Crippen LogP contribution in [0, 0.1) is 0 Å². The monoisotopic (exact) mass is 258 g/mol. The van der Waals surface area contributed by atoms with Gasteiger partial charge in [0.2, 0.25) is 0 Å². The van der Waals surface area contributed by atoms with Crippen LogP contribution in [0.4, 0.5) is 0 Å². The Morgan fingerprint density at radius 2 is 1.78 bits per heavy atom. The molecule has 0 bridgehead atoms. The maximum atomic E-state index is 2.45. The van der Waals surface area contributed by atoms with Gasteiger partial charge in [-0.15, -0.1) is 0 Å². The third-order valence-electron chi connectivity index (χ3n) is 3.04. The highest BCUT2D eigenvalue weighted by Crippen LogP contribution is 2.18. The highest BCUT2D eigenvalue weighted by atomic mass is 28.3. The molecular formula is C17H26Si. The molecule has 0 N–H and O–H groups in total. The van der Waals surface area contributed by atoms with Crippen molar-refractivity contribution in [3.05, 3.63) is 53.2 Å². The second kappa shape index (κ2) is 7.37. The maximum Gasteiger partial charge on any atom is 0.0771 e. The van der Waals surface area contributed by atoms with E-state index in [9.17, 15) is 0 Å². The fraction of sp³-hybridized carbons (Fsp3) is 0.412. The zero-order valence-electron chi connectivity index (χ0n) is 12.2. The van der Waals surface area contributed by atoms with Gasteiger partial charge < -0.3 is 0 Å². The molecule has 0 nitrogen and oxygen atoms in total. The van der Waals surface area contributed by atoms with Crippen LogP contribution in [0.15, 0.2) is 47.7 Å². The lowest BCUT2D eigenvalue weighted by atomic mass is 10.2. The Bertz CT molecular complexity index is 393. The minimum Gasteiger partial charge on any atom is -0.0853 e. The van der Waals surface area contributed by atoms with E-state index >= 15 is 0 Å². The van der Waals surface area contributed by atoms with Crippen molar-refractivity contribution >= 4 is 14.1 Å². The Hall–Kier alpha value is -1.08. The molecule has 1 heteroatoms. The standard InChI is InChI=1S/C17H26Si/c1-5-6-8-13-17(18(2,3)4)15-14-16-11-9-7-10-12-16/h7,9-15H,5-6,8H2,1-4H3. The van der Waals surface area contributed by atoms with E-state index in [-0.39, 0.29) is 0 Å². The molecule has 1 aromatic carbocycles. The van der Waals surface area contributed by atoms with Crippen molar-refractivity contribution in [1.29, 1.82) is 0 Å². The molecule has 0 saturated heterocycles. The Morgan fingerprint density at radius 1 is 1.11 bits per heavy atom. The number of allylic oxidation sites excluding steroid dienone is 3. The molecule has 0 heterocycles. The maximum absolute atomic E-state index is 2.45. The molecule has 0 amide bonds. The third kappa shape index (κ3) is 5.50. The molecule has 0 atom stereocenters. The van der Waals surface area contributed by atoms with Gasteiger partial charge in [-0.05, 0) is 12.0 Å². The summed E-state index contributed by atoms with van der Waals surface area (Å²) in [5, 5.41) is 1.57. The van der Waals surface area contributed by atoms with Crippen LogP contribution in [0.5, 0.6) is 0 Å². The lowest BCUT2D eigenvalue weighted by Gasteiger charge is -2.18. The fourth-order valence-corrected chi connectivity index (χ4v) is 3.18. The Labute approximate surface area is 113 Å². The number of hydrogen-bond donors (Lipinski definition) is 0. The highest BCUT2D eigenvalue weighted by Gasteiger charge is 2.16. The first-order valence-electron chi connectivity index (χ1n) is 6.98. The van der Waals surface area contributed by atoms with E-state index in [1.807, 2.05) is 0 Å². The summed E-state index contributed by atoms with van der Waals surface area (Å²) >= 11 is 0. The van der Waals surface area contributed by atoms with E-state index in [4.69, 9.17) is 0 Å². The fourth-order valence-electron chi connectivity index (χ4n) is 1.84. The normalized spacial score (nSPS) is 13.2. The SMILES string of the molecule is CCCCC=C(C=Cc1ccccc1)[Si](C)(C)C. The first-order valence-corrected chi connectivity index (χ1v) is 10.5. The van der Waals surface area contributed by atoms with Crippen LogP contribution in [0.1, 0.15) is 31.7 Å². The quantitative estimate of drug-likeness (QED) is 0.349. The van der Waals surface area contributed by atoms with Gasteiger partial charge in [0.1, 0.15) is 0 Å². The summed E-state index contributed by atoms with van der Waals surface area (Å²) in [7, 11) is -1.22. The lowest BCUT2D eigenvalue weighted by molar-refractivity contribution is 0.814. The summed E-state index contributed by atoms with van der Waals surface area (Å²) < 4.78 is 0. The van der Waals surface area contributed by atoms with Crippen LogP contribution in [0.2, 0.25) is 19.6 Å². The zero-order valence-corrected chi connectivity index (χ0v) is 13.2. The van der Waals surface area contributed by atoms with Crippen LogP contribution >= 0.6 is 0 Å². The van der Waals surface area contributed by atoms with Gasteiger partial charge in [0, 0.05) is 0 Å². The number of hydrogen-bond acceptors (Lipinski definition) is 0. The average Bonchev–Trinajstić information content (AvgIpc) is 2.33. The lowest BCUT2D eigenvalue weighted by Crippen LogP contribution is -2.22. The van der Waals surface area contributed by atoms with Gasteiger partial charge in [0.05, 0.1) is 8.07 Å². The Kier molecular flexibility index (Phi) is 6.13. The predicted molar refractivity (Wildman–Crippen MR) is 86.4 cm³/mol. The number of rotatable bonds is 6. The molecule has 0 aliphatic carbocycles. The van der Waals surface area contributed by atoms with Crippen LogP contribution in [0.25, 0.3) is 6.08 Å². The van der Waals surface area contributed by atoms with Gasteiger partial charge in [-0.2, -0.15) is 0 Å². The first kappa shape index (κ1) is 15.0. The summed E-state index contributed by atoms with van der Waals surface area (Å²) in [4.78, 5) is 0. The summed E-state index contributed by atoms with van der Waals surface area (Å²) in [6, 6.07) is 10.6. The van der Waals surface area contributed by atoms with Gasteiger partial charge in [0.25, 0.3) is 0 Å². The van der Waals surface area contributed by atoms with Crippen molar-refractivity contribution in [2.24, 2.45) is 0 Å². The van der Waals surface area contributed by atoms with Crippen molar-refractivity contribution in [2.75, 3.05) is 0 Å². The van der Waals surface area contributed by atoms with E-state index < -0.39 is 8.07 Å². The molecule has 0 aromatic heterocycles. The molecular weight excluding hydrogens is 232 g/mol. The average molecular weight is 258 g/mol. The van der Waals surface area contributed by atoms with Gasteiger partial charge in [0.15, 0.2) is 0 Å². The van der Waals surface area contributed by atoms with E-state index in [0.717, 1.165) is 0 Å². The van der Waals surface area contributed by atoms with Crippen LogP contribution in [0.3, 0.4) is 0 Å². The van der Waals surface area contributed by atoms with Crippen molar-refractivity contribution in [2.45, 2.75) is 45.8 Å². The molecule has 0 radical (unpaired) electrons. The first-order chi connectivity index (χ1) is 8.54. The van der Waals surface area contributed by atoms with Crippen molar-refractivity contribution in [3.63, 3.8) is 0 Å². The van der Waals surface area contributed by atoms with Crippen LogP contribution in [-0.2, 0) is 0 Å². The van der Waals surface area contributed by atoms with E-state index in [0.29, 0.717) is 0 Å². The molecule has 0 fully saturated rings. The number of benzene rings is 1. The van der Waals surface area contributed by atoms with Crippen molar-refractivity contribution in [1.82, 2.24) is 0 Å². The topological polar surface area (TPSA) is 0 Å². The molecule has 0 aliphatic rings. The summed E-state index contributed by atoms with van der Waals surface area (Å²) in [6.45, 7) is 9.50. The van der Waals surface area contributed by atoms with Crippen molar-refractivity contribution < 1.29 is 0 Å². The van der Waals surface area contributed by atoms with E-state index in [2.05, 4.69) is 75.1 Å². The Balaban J connectivity index is 2.79. The number of unbranched alkanes of at least 4 members (excludes halogenated alkanes) is 2. The van der Waals surface area contributed by atoms with E-state index in [1.165, 1.54) is 24.8 Å². The molecule has 0 saturated carbocycles. The second-order valence-corrected chi connectivity index (χ2v) is 10.9. The second-order valence-electron chi connectivity index (χ2n) is 5.80. The van der Waals surface area contributed by atoms with Gasteiger partial charge >= 0.3 is 0 Å². The summed E-state index contributed by atoms with van der Waals surface area (Å²) in [6.07, 6.45) is 10.8. The van der Waals surface area contributed by atoms with Gasteiger partial charge in [-0.1, -0.05) is 93.2 Å².